The summed E-state index contributed by atoms with van der Waals surface area (Å²) in [5.74, 6) is -2.13. The molecule has 1 heterocycles. The number of rotatable bonds is 7. The first-order valence-electron chi connectivity index (χ1n) is 10.5. The molecule has 0 saturated carbocycles. The number of hydrogen-bond acceptors (Lipinski definition) is 10. The van der Waals surface area contributed by atoms with Crippen molar-refractivity contribution < 1.29 is 33.9 Å². The van der Waals surface area contributed by atoms with Crippen LogP contribution in [0, 0.1) is 30.3 Å². The summed E-state index contributed by atoms with van der Waals surface area (Å²) < 4.78 is 5.81. The Morgan fingerprint density at radius 3 is 2.00 bits per heavy atom. The number of carbonyl (C=O) groups is 3. The molecule has 1 aliphatic rings. The highest BCUT2D eigenvalue weighted by Crippen LogP contribution is 2.37. The quantitative estimate of drug-likeness (QED) is 0.173. The number of non-ortho nitro benzene ring substituents is 2. The van der Waals surface area contributed by atoms with Crippen LogP contribution in [-0.2, 0) is 9.59 Å². The van der Waals surface area contributed by atoms with Crippen molar-refractivity contribution >= 4 is 62.6 Å². The van der Waals surface area contributed by atoms with E-state index in [1.54, 1.807) is 0 Å². The maximum absolute atomic E-state index is 13.0. The summed E-state index contributed by atoms with van der Waals surface area (Å²) in [7, 11) is 0. The molecule has 0 aliphatic carbocycles. The Labute approximate surface area is 224 Å². The fourth-order valence-electron chi connectivity index (χ4n) is 3.44. The van der Waals surface area contributed by atoms with Crippen LogP contribution >= 0.6 is 15.9 Å². The summed E-state index contributed by atoms with van der Waals surface area (Å²) in [6.45, 7) is 0. The largest absolute Gasteiger partial charge is 0.449 e. The van der Waals surface area contributed by atoms with Gasteiger partial charge in [-0.3, -0.25) is 45.2 Å². The predicted octanol–water partition coefficient (Wildman–Crippen LogP) is 4.63. The molecule has 3 aromatic carbocycles. The van der Waals surface area contributed by atoms with E-state index in [1.807, 2.05) is 5.32 Å². The number of nitrogens with zero attached hydrogens (tertiary/aromatic N) is 4. The summed E-state index contributed by atoms with van der Waals surface area (Å²) in [6, 6.07) is 10.6. The normalized spacial score (nSPS) is 14.2. The Kier molecular flexibility index (Phi) is 7.12. The molecule has 0 radical (unpaired) electrons. The number of urea groups is 1. The van der Waals surface area contributed by atoms with Crippen LogP contribution in [0.2, 0.25) is 0 Å². The second-order valence-electron chi connectivity index (χ2n) is 7.69. The molecule has 196 valence electrons. The van der Waals surface area contributed by atoms with Crippen molar-refractivity contribution in [1.82, 2.24) is 5.32 Å². The molecule has 0 atom stereocenters. The van der Waals surface area contributed by atoms with E-state index in [-0.39, 0.29) is 27.3 Å². The molecule has 1 saturated heterocycles. The van der Waals surface area contributed by atoms with Crippen molar-refractivity contribution in [3.63, 3.8) is 0 Å². The number of hydrogen-bond donors (Lipinski definition) is 1. The number of nitrogens with one attached hydrogen (secondary N) is 1. The summed E-state index contributed by atoms with van der Waals surface area (Å²) in [4.78, 5) is 69.4. The van der Waals surface area contributed by atoms with Gasteiger partial charge in [0.05, 0.1) is 31.0 Å². The fourth-order valence-corrected chi connectivity index (χ4v) is 3.92. The van der Waals surface area contributed by atoms with Crippen molar-refractivity contribution in [3.05, 3.63) is 107 Å². The average Bonchev–Trinajstić information content (AvgIpc) is 2.88. The molecular weight excluding hydrogens is 586 g/mol. The third-order valence-electron chi connectivity index (χ3n) is 5.26. The molecule has 1 fully saturated rings. The summed E-state index contributed by atoms with van der Waals surface area (Å²) in [5.41, 5.74) is -1.52. The smallest absolute Gasteiger partial charge is 0.335 e. The van der Waals surface area contributed by atoms with Gasteiger partial charge in [0, 0.05) is 18.2 Å². The van der Waals surface area contributed by atoms with Crippen LogP contribution in [-0.4, -0.2) is 32.6 Å². The number of nitro groups is 3. The summed E-state index contributed by atoms with van der Waals surface area (Å²) in [5, 5.41) is 35.2. The lowest BCUT2D eigenvalue weighted by molar-refractivity contribution is -0.394. The van der Waals surface area contributed by atoms with E-state index in [1.165, 1.54) is 36.4 Å². The zero-order chi connectivity index (χ0) is 28.4. The van der Waals surface area contributed by atoms with Crippen LogP contribution < -0.4 is 15.0 Å². The van der Waals surface area contributed by atoms with Gasteiger partial charge in [0.15, 0.2) is 0 Å². The number of barbiturate groups is 1. The Morgan fingerprint density at radius 2 is 1.41 bits per heavy atom. The minimum absolute atomic E-state index is 0.00359. The Bertz CT molecular complexity index is 1620. The molecule has 0 unspecified atom stereocenters. The standard InChI is InChI=1S/C23H12BrN5O10/c24-17-10-12(1-7-19(17)39-20-8-6-15(28(35)36)11-18(20)29(37)38)9-16-21(30)25-23(32)26(22(16)31)13-2-4-14(5-3-13)27(33)34/h1-11H,(H,25,30,32)/b16-9+. The molecule has 3 aromatic rings. The Balaban J connectivity index is 1.62. The number of benzene rings is 3. The van der Waals surface area contributed by atoms with Gasteiger partial charge in [-0.25, -0.2) is 9.69 Å². The van der Waals surface area contributed by atoms with Crippen LogP contribution in [0.25, 0.3) is 6.08 Å². The van der Waals surface area contributed by atoms with Gasteiger partial charge in [0.25, 0.3) is 23.2 Å². The monoisotopic (exact) mass is 597 g/mol. The molecule has 16 heteroatoms. The van der Waals surface area contributed by atoms with Crippen LogP contribution in [0.1, 0.15) is 5.56 Å². The van der Waals surface area contributed by atoms with Crippen LogP contribution in [0.15, 0.2) is 70.7 Å². The first kappa shape index (κ1) is 26.6. The van der Waals surface area contributed by atoms with E-state index in [4.69, 9.17) is 4.74 Å². The highest BCUT2D eigenvalue weighted by atomic mass is 79.9. The van der Waals surface area contributed by atoms with Gasteiger partial charge in [-0.15, -0.1) is 0 Å². The number of carbonyl (C=O) groups excluding carboxylic acids is 3. The fraction of sp³-hybridized carbons (Fsp3) is 0. The molecule has 0 aromatic heterocycles. The molecule has 0 bridgehead atoms. The average molecular weight is 598 g/mol. The Hall–Kier alpha value is -5.51. The van der Waals surface area contributed by atoms with Crippen molar-refractivity contribution in [2.75, 3.05) is 4.90 Å². The number of nitro benzene ring substituents is 3. The first-order chi connectivity index (χ1) is 18.5. The summed E-state index contributed by atoms with van der Waals surface area (Å²) >= 11 is 3.24. The van der Waals surface area contributed by atoms with Gasteiger partial charge in [0.2, 0.25) is 5.75 Å². The molecule has 4 rings (SSSR count). The van der Waals surface area contributed by atoms with E-state index in [0.29, 0.717) is 10.5 Å². The van der Waals surface area contributed by atoms with E-state index < -0.39 is 49.6 Å². The number of ether oxygens (including phenoxy) is 1. The molecule has 0 spiro atoms. The van der Waals surface area contributed by atoms with Gasteiger partial charge in [-0.2, -0.15) is 0 Å². The van der Waals surface area contributed by atoms with E-state index in [9.17, 15) is 44.7 Å². The number of imide groups is 2. The van der Waals surface area contributed by atoms with Gasteiger partial charge >= 0.3 is 11.7 Å². The molecular formula is C23H12BrN5O10. The topological polar surface area (TPSA) is 205 Å². The number of halogens is 1. The highest BCUT2D eigenvalue weighted by Gasteiger charge is 2.37. The minimum Gasteiger partial charge on any atom is -0.449 e. The number of anilines is 1. The second kappa shape index (κ2) is 10.5. The highest BCUT2D eigenvalue weighted by molar-refractivity contribution is 9.10. The van der Waals surface area contributed by atoms with Crippen LogP contribution in [0.5, 0.6) is 11.5 Å². The van der Waals surface area contributed by atoms with Crippen LogP contribution in [0.3, 0.4) is 0 Å². The zero-order valence-electron chi connectivity index (χ0n) is 19.1. The molecule has 4 amide bonds. The third-order valence-corrected chi connectivity index (χ3v) is 5.88. The first-order valence-corrected chi connectivity index (χ1v) is 11.3. The zero-order valence-corrected chi connectivity index (χ0v) is 20.7. The maximum Gasteiger partial charge on any atom is 0.335 e. The lowest BCUT2D eigenvalue weighted by atomic mass is 10.1. The van der Waals surface area contributed by atoms with E-state index in [0.717, 1.165) is 30.3 Å². The third kappa shape index (κ3) is 5.44. The van der Waals surface area contributed by atoms with Crippen molar-refractivity contribution in [3.8, 4) is 11.5 Å². The second-order valence-corrected chi connectivity index (χ2v) is 8.54. The molecule has 15 nitrogen and oxygen atoms in total. The molecule has 39 heavy (non-hydrogen) atoms. The molecule has 1 aliphatic heterocycles. The maximum atomic E-state index is 13.0. The van der Waals surface area contributed by atoms with Gasteiger partial charge in [-0.1, -0.05) is 6.07 Å². The Morgan fingerprint density at radius 1 is 0.795 bits per heavy atom. The van der Waals surface area contributed by atoms with Crippen molar-refractivity contribution in [2.45, 2.75) is 0 Å². The van der Waals surface area contributed by atoms with Gasteiger partial charge in [-0.05, 0) is 57.9 Å². The lowest BCUT2D eigenvalue weighted by Crippen LogP contribution is -2.54. The van der Waals surface area contributed by atoms with Gasteiger partial charge in [0.1, 0.15) is 11.3 Å². The van der Waals surface area contributed by atoms with E-state index in [2.05, 4.69) is 15.9 Å². The predicted molar refractivity (Wildman–Crippen MR) is 136 cm³/mol. The molecule has 1 N–H and O–H groups in total. The van der Waals surface area contributed by atoms with Gasteiger partial charge < -0.3 is 4.74 Å². The van der Waals surface area contributed by atoms with E-state index >= 15 is 0 Å². The number of amides is 4. The minimum atomic E-state index is -1.04. The lowest BCUT2D eigenvalue weighted by Gasteiger charge is -2.26. The SMILES string of the molecule is O=C1NC(=O)N(c2ccc([N+](=O)[O-])cc2)C(=O)/C1=C/c1ccc(Oc2ccc([N+](=O)[O-])cc2[N+](=O)[O-])c(Br)c1. The van der Waals surface area contributed by atoms with Crippen LogP contribution in [0.4, 0.5) is 27.5 Å². The summed E-state index contributed by atoms with van der Waals surface area (Å²) in [6.07, 6.45) is 1.19. The van der Waals surface area contributed by atoms with Crippen molar-refractivity contribution in [1.29, 1.82) is 0 Å². The van der Waals surface area contributed by atoms with Crippen molar-refractivity contribution in [2.24, 2.45) is 0 Å².